The van der Waals surface area contributed by atoms with E-state index in [4.69, 9.17) is 0 Å². The summed E-state index contributed by atoms with van der Waals surface area (Å²) in [4.78, 5) is 17.5. The van der Waals surface area contributed by atoms with Gasteiger partial charge in [-0.05, 0) is 34.1 Å². The molecule has 0 saturated carbocycles. The molecule has 0 aliphatic rings. The Morgan fingerprint density at radius 2 is 2.33 bits per heavy atom. The minimum atomic E-state index is -0.449. The van der Waals surface area contributed by atoms with Gasteiger partial charge in [0.15, 0.2) is 0 Å². The van der Waals surface area contributed by atoms with Gasteiger partial charge in [-0.25, -0.2) is 9.37 Å². The van der Waals surface area contributed by atoms with Crippen LogP contribution in [0.15, 0.2) is 29.0 Å². The Labute approximate surface area is 111 Å². The molecule has 0 aliphatic carbocycles. The maximum absolute atomic E-state index is 13.1. The number of nitrogens with zero attached hydrogens (tertiary/aromatic N) is 3. The van der Waals surface area contributed by atoms with Gasteiger partial charge in [-0.2, -0.15) is 5.10 Å². The number of hydrogen-bond acceptors (Lipinski definition) is 3. The van der Waals surface area contributed by atoms with Crippen molar-refractivity contribution in [1.29, 1.82) is 0 Å². The van der Waals surface area contributed by atoms with Crippen LogP contribution >= 0.6 is 15.9 Å². The number of hydrogen-bond donors (Lipinski definition) is 1. The van der Waals surface area contributed by atoms with E-state index >= 15 is 0 Å². The highest BCUT2D eigenvalue weighted by atomic mass is 79.9. The SMILES string of the molecule is CN(Cc1ncn[nH]1)C(=O)c1cc(F)ccc1Br. The van der Waals surface area contributed by atoms with Crippen LogP contribution in [0.25, 0.3) is 0 Å². The number of carbonyl (C=O) groups excluding carboxylic acids is 1. The Morgan fingerprint density at radius 1 is 1.56 bits per heavy atom. The Hall–Kier alpha value is -1.76. The standard InChI is InChI=1S/C11H10BrFN4O/c1-17(5-10-14-6-15-16-10)11(18)8-4-7(13)2-3-9(8)12/h2-4,6H,5H2,1H3,(H,14,15,16). The van der Waals surface area contributed by atoms with Crippen LogP contribution in [0.5, 0.6) is 0 Å². The average molecular weight is 313 g/mol. The number of carbonyl (C=O) groups is 1. The van der Waals surface area contributed by atoms with E-state index in [2.05, 4.69) is 31.1 Å². The van der Waals surface area contributed by atoms with E-state index < -0.39 is 5.82 Å². The number of amides is 1. The van der Waals surface area contributed by atoms with E-state index in [0.717, 1.165) is 0 Å². The fraction of sp³-hybridized carbons (Fsp3) is 0.182. The first-order valence-electron chi connectivity index (χ1n) is 5.12. The van der Waals surface area contributed by atoms with Gasteiger partial charge in [-0.1, -0.05) is 0 Å². The largest absolute Gasteiger partial charge is 0.334 e. The van der Waals surface area contributed by atoms with Gasteiger partial charge >= 0.3 is 0 Å². The zero-order valence-corrected chi connectivity index (χ0v) is 11.1. The fourth-order valence-corrected chi connectivity index (χ4v) is 1.89. The minimum Gasteiger partial charge on any atom is -0.334 e. The summed E-state index contributed by atoms with van der Waals surface area (Å²) in [7, 11) is 1.61. The quantitative estimate of drug-likeness (QED) is 0.942. The smallest absolute Gasteiger partial charge is 0.255 e. The Morgan fingerprint density at radius 3 is 3.00 bits per heavy atom. The lowest BCUT2D eigenvalue weighted by atomic mass is 10.2. The molecule has 1 aromatic carbocycles. The van der Waals surface area contributed by atoms with E-state index in [1.165, 1.54) is 29.4 Å². The van der Waals surface area contributed by atoms with Gasteiger partial charge in [0.2, 0.25) is 0 Å². The topological polar surface area (TPSA) is 61.9 Å². The summed E-state index contributed by atoms with van der Waals surface area (Å²) in [6.45, 7) is 0.280. The zero-order valence-electron chi connectivity index (χ0n) is 9.52. The van der Waals surface area contributed by atoms with Gasteiger partial charge in [-0.3, -0.25) is 9.89 Å². The molecule has 0 spiro atoms. The molecule has 0 radical (unpaired) electrons. The second-order valence-electron chi connectivity index (χ2n) is 3.72. The molecule has 1 aromatic heterocycles. The minimum absolute atomic E-state index is 0.275. The Kier molecular flexibility index (Phi) is 3.71. The van der Waals surface area contributed by atoms with Gasteiger partial charge in [0.05, 0.1) is 12.1 Å². The third-order valence-electron chi connectivity index (χ3n) is 2.36. The molecule has 0 bridgehead atoms. The molecule has 0 unspecified atom stereocenters. The summed E-state index contributed by atoms with van der Waals surface area (Å²) in [5.74, 6) is -0.175. The normalized spacial score (nSPS) is 10.4. The number of benzene rings is 1. The second kappa shape index (κ2) is 5.26. The van der Waals surface area contributed by atoms with E-state index in [-0.39, 0.29) is 18.0 Å². The van der Waals surface area contributed by atoms with Crippen molar-refractivity contribution in [2.75, 3.05) is 7.05 Å². The first kappa shape index (κ1) is 12.7. The van der Waals surface area contributed by atoms with Crippen LogP contribution in [0.2, 0.25) is 0 Å². The van der Waals surface area contributed by atoms with E-state index in [1.807, 2.05) is 0 Å². The summed E-state index contributed by atoms with van der Waals surface area (Å²) >= 11 is 3.23. The maximum Gasteiger partial charge on any atom is 0.255 e. The molecule has 18 heavy (non-hydrogen) atoms. The van der Waals surface area contributed by atoms with Crippen molar-refractivity contribution in [3.8, 4) is 0 Å². The van der Waals surface area contributed by atoms with Crippen LogP contribution in [0.3, 0.4) is 0 Å². The zero-order chi connectivity index (χ0) is 13.1. The van der Waals surface area contributed by atoms with Crippen LogP contribution < -0.4 is 0 Å². The molecule has 7 heteroatoms. The van der Waals surface area contributed by atoms with Crippen LogP contribution in [0.4, 0.5) is 4.39 Å². The van der Waals surface area contributed by atoms with Crippen LogP contribution in [-0.2, 0) is 6.54 Å². The first-order chi connectivity index (χ1) is 8.58. The summed E-state index contributed by atoms with van der Waals surface area (Å²) in [5.41, 5.74) is 0.275. The molecule has 0 fully saturated rings. The third kappa shape index (κ3) is 2.73. The average Bonchev–Trinajstić information content (AvgIpc) is 2.84. The van der Waals surface area contributed by atoms with Gasteiger partial charge in [0, 0.05) is 11.5 Å². The first-order valence-corrected chi connectivity index (χ1v) is 5.92. The van der Waals surface area contributed by atoms with Crippen molar-refractivity contribution in [3.63, 3.8) is 0 Å². The van der Waals surface area contributed by atoms with Crippen molar-refractivity contribution in [3.05, 3.63) is 46.2 Å². The van der Waals surface area contributed by atoms with Gasteiger partial charge in [0.1, 0.15) is 18.0 Å². The van der Waals surface area contributed by atoms with Gasteiger partial charge in [-0.15, -0.1) is 0 Å². The van der Waals surface area contributed by atoms with Crippen molar-refractivity contribution in [2.24, 2.45) is 0 Å². The second-order valence-corrected chi connectivity index (χ2v) is 4.57. The number of halogens is 2. The summed E-state index contributed by atoms with van der Waals surface area (Å²) < 4.78 is 13.7. The number of rotatable bonds is 3. The molecule has 0 atom stereocenters. The molecular formula is C11H10BrFN4O. The Bertz CT molecular complexity index is 558. The van der Waals surface area contributed by atoms with Gasteiger partial charge in [0.25, 0.3) is 5.91 Å². The van der Waals surface area contributed by atoms with Crippen LogP contribution in [-0.4, -0.2) is 33.0 Å². The molecule has 0 aliphatic heterocycles. The van der Waals surface area contributed by atoms with Gasteiger partial charge < -0.3 is 4.90 Å². The van der Waals surface area contributed by atoms with Crippen molar-refractivity contribution in [1.82, 2.24) is 20.1 Å². The highest BCUT2D eigenvalue weighted by Gasteiger charge is 2.16. The summed E-state index contributed by atoms with van der Waals surface area (Å²) in [6, 6.07) is 3.99. The van der Waals surface area contributed by atoms with E-state index in [0.29, 0.717) is 10.3 Å². The molecule has 0 saturated heterocycles. The van der Waals surface area contributed by atoms with Crippen molar-refractivity contribution < 1.29 is 9.18 Å². The predicted octanol–water partition coefficient (Wildman–Crippen LogP) is 1.98. The summed E-state index contributed by atoms with van der Waals surface area (Å²) in [5, 5.41) is 6.36. The molecule has 1 amide bonds. The van der Waals surface area contributed by atoms with E-state index in [9.17, 15) is 9.18 Å². The molecule has 2 rings (SSSR count). The monoisotopic (exact) mass is 312 g/mol. The number of aromatic amines is 1. The van der Waals surface area contributed by atoms with Crippen molar-refractivity contribution >= 4 is 21.8 Å². The lowest BCUT2D eigenvalue weighted by Gasteiger charge is -2.16. The molecule has 5 nitrogen and oxygen atoms in total. The Balaban J connectivity index is 2.17. The molecular weight excluding hydrogens is 303 g/mol. The lowest BCUT2D eigenvalue weighted by molar-refractivity contribution is 0.0780. The van der Waals surface area contributed by atoms with Crippen LogP contribution in [0, 0.1) is 5.82 Å². The lowest BCUT2D eigenvalue weighted by Crippen LogP contribution is -2.27. The molecule has 94 valence electrons. The van der Waals surface area contributed by atoms with Crippen LogP contribution in [0.1, 0.15) is 16.2 Å². The maximum atomic E-state index is 13.1. The number of nitrogens with one attached hydrogen (secondary N) is 1. The highest BCUT2D eigenvalue weighted by Crippen LogP contribution is 2.19. The highest BCUT2D eigenvalue weighted by molar-refractivity contribution is 9.10. The molecule has 2 aromatic rings. The third-order valence-corrected chi connectivity index (χ3v) is 3.05. The van der Waals surface area contributed by atoms with E-state index in [1.54, 1.807) is 7.05 Å². The number of H-pyrrole nitrogens is 1. The number of aromatic nitrogens is 3. The molecule has 1 heterocycles. The van der Waals surface area contributed by atoms with Crippen molar-refractivity contribution in [2.45, 2.75) is 6.54 Å². The summed E-state index contributed by atoms with van der Waals surface area (Å²) in [6.07, 6.45) is 1.37. The fourth-order valence-electron chi connectivity index (χ4n) is 1.47. The molecule has 1 N–H and O–H groups in total. The predicted molar refractivity (Wildman–Crippen MR) is 66.3 cm³/mol.